The van der Waals surface area contributed by atoms with Crippen LogP contribution in [0.25, 0.3) is 0 Å². The summed E-state index contributed by atoms with van der Waals surface area (Å²) >= 11 is 6.22. The maximum atomic E-state index is 13.8. The summed E-state index contributed by atoms with van der Waals surface area (Å²) in [6, 6.07) is 24.2. The Bertz CT molecular complexity index is 1600. The van der Waals surface area contributed by atoms with Crippen molar-refractivity contribution >= 4 is 38.9 Å². The second-order valence-corrected chi connectivity index (χ2v) is 10.6. The van der Waals surface area contributed by atoms with Crippen LogP contribution in [0.3, 0.4) is 0 Å². The molecule has 1 N–H and O–H groups in total. The van der Waals surface area contributed by atoms with Gasteiger partial charge in [0.2, 0.25) is 5.91 Å². The number of benzene rings is 4. The molecule has 0 fully saturated rings. The van der Waals surface area contributed by atoms with Crippen molar-refractivity contribution in [2.45, 2.75) is 4.90 Å². The van der Waals surface area contributed by atoms with Gasteiger partial charge in [0.25, 0.3) is 10.0 Å². The van der Waals surface area contributed by atoms with Gasteiger partial charge in [-0.25, -0.2) is 8.42 Å². The molecule has 40 heavy (non-hydrogen) atoms. The summed E-state index contributed by atoms with van der Waals surface area (Å²) in [4.78, 5) is 13.5. The zero-order valence-corrected chi connectivity index (χ0v) is 23.5. The van der Waals surface area contributed by atoms with E-state index in [9.17, 15) is 13.2 Å². The number of amides is 1. The second kappa shape index (κ2) is 12.6. The maximum Gasteiger partial charge on any atom is 0.264 e. The quantitative estimate of drug-likeness (QED) is 0.232. The fourth-order valence-corrected chi connectivity index (χ4v) is 5.46. The Kier molecular flexibility index (Phi) is 9.03. The van der Waals surface area contributed by atoms with E-state index in [1.165, 1.54) is 45.6 Å². The summed E-state index contributed by atoms with van der Waals surface area (Å²) in [6.45, 7) is -0.596. The zero-order valence-electron chi connectivity index (χ0n) is 22.0. The van der Waals surface area contributed by atoms with E-state index in [2.05, 4.69) is 5.32 Å². The van der Waals surface area contributed by atoms with Crippen LogP contribution in [0.1, 0.15) is 0 Å². The summed E-state index contributed by atoms with van der Waals surface area (Å²) in [6.07, 6.45) is 0. The minimum Gasteiger partial charge on any atom is -0.497 e. The van der Waals surface area contributed by atoms with E-state index in [4.69, 9.17) is 30.5 Å². The van der Waals surface area contributed by atoms with Crippen LogP contribution in [0.4, 0.5) is 11.4 Å². The Morgan fingerprint density at radius 3 is 2.10 bits per heavy atom. The van der Waals surface area contributed by atoms with Crippen molar-refractivity contribution in [2.75, 3.05) is 37.5 Å². The average molecular weight is 583 g/mol. The van der Waals surface area contributed by atoms with Gasteiger partial charge in [-0.3, -0.25) is 9.10 Å². The Balaban J connectivity index is 1.71. The van der Waals surface area contributed by atoms with Crippen molar-refractivity contribution in [1.29, 1.82) is 0 Å². The molecule has 0 aromatic heterocycles. The number of halogens is 1. The predicted molar refractivity (Wildman–Crippen MR) is 154 cm³/mol. The highest BCUT2D eigenvalue weighted by atomic mass is 35.5. The standard InChI is InChI=1S/C29H27ClN2O7S/c1-36-21-14-16-26(37-2)24(18-21)32(40(34,35)22-9-5-4-6-10-22)19-29(33)31-23-17-20(30)13-15-25(23)39-28-12-8-7-11-27(28)38-3/h4-18H,19H2,1-3H3,(H,31,33). The summed E-state index contributed by atoms with van der Waals surface area (Å²) in [7, 11) is 0.167. The average Bonchev–Trinajstić information content (AvgIpc) is 2.97. The molecule has 0 aliphatic carbocycles. The highest BCUT2D eigenvalue weighted by molar-refractivity contribution is 7.92. The van der Waals surface area contributed by atoms with Crippen molar-refractivity contribution in [3.05, 3.63) is 96.0 Å². The van der Waals surface area contributed by atoms with E-state index in [-0.39, 0.29) is 27.8 Å². The number of carbonyl (C=O) groups excluding carboxylic acids is 1. The van der Waals surface area contributed by atoms with Crippen molar-refractivity contribution in [3.63, 3.8) is 0 Å². The van der Waals surface area contributed by atoms with Crippen LogP contribution in [0.2, 0.25) is 5.02 Å². The van der Waals surface area contributed by atoms with Crippen LogP contribution in [0.15, 0.2) is 95.9 Å². The number of hydrogen-bond donors (Lipinski definition) is 1. The number of sulfonamides is 1. The minimum absolute atomic E-state index is 0.00405. The Morgan fingerprint density at radius 1 is 0.775 bits per heavy atom. The largest absolute Gasteiger partial charge is 0.497 e. The first-order valence-corrected chi connectivity index (χ1v) is 13.8. The van der Waals surface area contributed by atoms with Gasteiger partial charge >= 0.3 is 0 Å². The van der Waals surface area contributed by atoms with Gasteiger partial charge in [0.15, 0.2) is 17.2 Å². The summed E-state index contributed by atoms with van der Waals surface area (Å²) in [5, 5.41) is 3.07. The molecule has 4 aromatic carbocycles. The lowest BCUT2D eigenvalue weighted by molar-refractivity contribution is -0.114. The lowest BCUT2D eigenvalue weighted by atomic mass is 10.2. The first-order valence-electron chi connectivity index (χ1n) is 12.0. The van der Waals surface area contributed by atoms with E-state index < -0.39 is 22.5 Å². The number of methoxy groups -OCH3 is 3. The second-order valence-electron chi connectivity index (χ2n) is 8.30. The van der Waals surface area contributed by atoms with Gasteiger partial charge in [-0.2, -0.15) is 0 Å². The molecular weight excluding hydrogens is 556 g/mol. The molecule has 11 heteroatoms. The van der Waals surface area contributed by atoms with Crippen molar-refractivity contribution in [2.24, 2.45) is 0 Å². The topological polar surface area (TPSA) is 103 Å². The molecule has 0 bridgehead atoms. The van der Waals surface area contributed by atoms with E-state index in [0.29, 0.717) is 22.3 Å². The number of carbonyl (C=O) groups is 1. The number of hydrogen-bond acceptors (Lipinski definition) is 7. The number of rotatable bonds is 11. The van der Waals surface area contributed by atoms with Gasteiger partial charge in [0.05, 0.1) is 37.6 Å². The molecule has 0 aliphatic rings. The Morgan fingerprint density at radius 2 is 1.43 bits per heavy atom. The zero-order chi connectivity index (χ0) is 28.7. The van der Waals surface area contributed by atoms with Crippen molar-refractivity contribution in [1.82, 2.24) is 0 Å². The molecule has 0 heterocycles. The van der Waals surface area contributed by atoms with Gasteiger partial charge in [-0.1, -0.05) is 41.9 Å². The Hall–Kier alpha value is -4.41. The molecule has 0 atom stereocenters. The first kappa shape index (κ1) is 28.6. The minimum atomic E-state index is -4.21. The molecule has 0 saturated carbocycles. The monoisotopic (exact) mass is 582 g/mol. The summed E-state index contributed by atoms with van der Waals surface area (Å²) in [5.74, 6) is 1.13. The molecule has 1 amide bonds. The smallest absolute Gasteiger partial charge is 0.264 e. The van der Waals surface area contributed by atoms with Gasteiger partial charge in [-0.15, -0.1) is 0 Å². The van der Waals surface area contributed by atoms with Crippen LogP contribution in [-0.4, -0.2) is 42.2 Å². The molecule has 0 saturated heterocycles. The molecule has 4 aromatic rings. The van der Waals surface area contributed by atoms with E-state index in [1.54, 1.807) is 66.7 Å². The molecule has 0 spiro atoms. The highest BCUT2D eigenvalue weighted by Crippen LogP contribution is 2.38. The number of nitrogens with one attached hydrogen (secondary N) is 1. The summed E-state index contributed by atoms with van der Waals surface area (Å²) < 4.78 is 50.7. The van der Waals surface area contributed by atoms with E-state index in [0.717, 1.165) is 4.31 Å². The van der Waals surface area contributed by atoms with Crippen LogP contribution in [0.5, 0.6) is 28.7 Å². The van der Waals surface area contributed by atoms with Crippen molar-refractivity contribution < 1.29 is 32.2 Å². The van der Waals surface area contributed by atoms with Gasteiger partial charge < -0.3 is 24.3 Å². The summed E-state index contributed by atoms with van der Waals surface area (Å²) in [5.41, 5.74) is 0.357. The third-order valence-electron chi connectivity index (χ3n) is 5.78. The van der Waals surface area contributed by atoms with Crippen LogP contribution >= 0.6 is 11.6 Å². The molecule has 0 radical (unpaired) electrons. The number of para-hydroxylation sites is 2. The Labute approximate surface area is 237 Å². The first-order chi connectivity index (χ1) is 19.3. The third-order valence-corrected chi connectivity index (χ3v) is 7.79. The highest BCUT2D eigenvalue weighted by Gasteiger charge is 2.30. The fraction of sp³-hybridized carbons (Fsp3) is 0.138. The predicted octanol–water partition coefficient (Wildman–Crippen LogP) is 5.99. The SMILES string of the molecule is COc1ccc(OC)c(N(CC(=O)Nc2cc(Cl)ccc2Oc2ccccc2OC)S(=O)(=O)c2ccccc2)c1. The number of ether oxygens (including phenoxy) is 4. The molecule has 0 aliphatic heterocycles. The van der Waals surface area contributed by atoms with Gasteiger partial charge in [-0.05, 0) is 54.6 Å². The van der Waals surface area contributed by atoms with Crippen LogP contribution in [-0.2, 0) is 14.8 Å². The van der Waals surface area contributed by atoms with Gasteiger partial charge in [0.1, 0.15) is 18.0 Å². The molecular formula is C29H27ClN2O7S. The lowest BCUT2D eigenvalue weighted by Crippen LogP contribution is -2.38. The van der Waals surface area contributed by atoms with Gasteiger partial charge in [0, 0.05) is 11.1 Å². The third kappa shape index (κ3) is 6.41. The molecule has 9 nitrogen and oxygen atoms in total. The number of anilines is 2. The molecule has 208 valence electrons. The van der Waals surface area contributed by atoms with Crippen molar-refractivity contribution in [3.8, 4) is 28.7 Å². The molecule has 0 unspecified atom stereocenters. The van der Waals surface area contributed by atoms with E-state index >= 15 is 0 Å². The normalized spacial score (nSPS) is 10.9. The molecule has 4 rings (SSSR count). The number of nitrogens with zero attached hydrogens (tertiary/aromatic N) is 1. The van der Waals surface area contributed by atoms with Crippen LogP contribution < -0.4 is 28.6 Å². The fourth-order valence-electron chi connectivity index (χ4n) is 3.84. The lowest BCUT2D eigenvalue weighted by Gasteiger charge is -2.26. The van der Waals surface area contributed by atoms with E-state index in [1.807, 2.05) is 0 Å². The maximum absolute atomic E-state index is 13.8. The van der Waals surface area contributed by atoms with Crippen LogP contribution in [0, 0.1) is 0 Å².